The Labute approximate surface area is 96.0 Å². The SMILES string of the molecule is C=C(CNC(C(N)=O)C(C)C)C(=O)OCC. The van der Waals surface area contributed by atoms with Crippen LogP contribution in [-0.4, -0.2) is 31.1 Å². The molecule has 0 bridgehead atoms. The lowest BCUT2D eigenvalue weighted by Crippen LogP contribution is -2.46. The summed E-state index contributed by atoms with van der Waals surface area (Å²) >= 11 is 0. The normalized spacial score (nSPS) is 12.2. The zero-order valence-electron chi connectivity index (χ0n) is 10.1. The van der Waals surface area contributed by atoms with Gasteiger partial charge in [0.1, 0.15) is 0 Å². The fourth-order valence-corrected chi connectivity index (χ4v) is 1.20. The molecule has 0 aromatic rings. The van der Waals surface area contributed by atoms with Gasteiger partial charge < -0.3 is 15.8 Å². The van der Waals surface area contributed by atoms with E-state index in [4.69, 9.17) is 10.5 Å². The molecule has 0 radical (unpaired) electrons. The van der Waals surface area contributed by atoms with Crippen molar-refractivity contribution in [2.24, 2.45) is 11.7 Å². The summed E-state index contributed by atoms with van der Waals surface area (Å²) in [5.41, 5.74) is 5.50. The number of nitrogens with two attached hydrogens (primary N) is 1. The third-order valence-electron chi connectivity index (χ3n) is 2.07. The maximum Gasteiger partial charge on any atom is 0.334 e. The van der Waals surface area contributed by atoms with Crippen LogP contribution in [-0.2, 0) is 14.3 Å². The van der Waals surface area contributed by atoms with Crippen LogP contribution in [0.15, 0.2) is 12.2 Å². The number of carbonyl (C=O) groups is 2. The Morgan fingerprint density at radius 3 is 2.38 bits per heavy atom. The maximum absolute atomic E-state index is 11.2. The van der Waals surface area contributed by atoms with Gasteiger partial charge in [-0.25, -0.2) is 4.79 Å². The van der Waals surface area contributed by atoms with E-state index in [1.165, 1.54) is 0 Å². The molecule has 0 saturated carbocycles. The fourth-order valence-electron chi connectivity index (χ4n) is 1.20. The highest BCUT2D eigenvalue weighted by molar-refractivity contribution is 5.88. The summed E-state index contributed by atoms with van der Waals surface area (Å²) in [6.45, 7) is 9.54. The molecule has 1 amide bonds. The van der Waals surface area contributed by atoms with Gasteiger partial charge in [0.2, 0.25) is 5.91 Å². The second kappa shape index (κ2) is 7.00. The number of hydrogen-bond acceptors (Lipinski definition) is 4. The topological polar surface area (TPSA) is 81.4 Å². The van der Waals surface area contributed by atoms with Crippen LogP contribution < -0.4 is 11.1 Å². The van der Waals surface area contributed by atoms with Crippen LogP contribution >= 0.6 is 0 Å². The van der Waals surface area contributed by atoms with Gasteiger partial charge in [0.15, 0.2) is 0 Å². The maximum atomic E-state index is 11.2. The van der Waals surface area contributed by atoms with E-state index < -0.39 is 17.9 Å². The van der Waals surface area contributed by atoms with Gasteiger partial charge in [-0.05, 0) is 12.8 Å². The van der Waals surface area contributed by atoms with E-state index in [9.17, 15) is 9.59 Å². The van der Waals surface area contributed by atoms with Gasteiger partial charge >= 0.3 is 5.97 Å². The Kier molecular flexibility index (Phi) is 6.41. The Morgan fingerprint density at radius 2 is 2.00 bits per heavy atom. The van der Waals surface area contributed by atoms with Gasteiger partial charge in [0.25, 0.3) is 0 Å². The summed E-state index contributed by atoms with van der Waals surface area (Å²) < 4.78 is 4.76. The lowest BCUT2D eigenvalue weighted by Gasteiger charge is -2.19. The number of primary amides is 1. The van der Waals surface area contributed by atoms with Crippen molar-refractivity contribution < 1.29 is 14.3 Å². The van der Waals surface area contributed by atoms with Crippen LogP contribution in [0.3, 0.4) is 0 Å². The van der Waals surface area contributed by atoms with Crippen LogP contribution in [0.2, 0.25) is 0 Å². The van der Waals surface area contributed by atoms with Crippen LogP contribution in [0.25, 0.3) is 0 Å². The summed E-state index contributed by atoms with van der Waals surface area (Å²) in [5.74, 6) is -0.832. The molecule has 0 aliphatic heterocycles. The average Bonchev–Trinajstić information content (AvgIpc) is 2.16. The van der Waals surface area contributed by atoms with Crippen LogP contribution in [0.4, 0.5) is 0 Å². The highest BCUT2D eigenvalue weighted by Gasteiger charge is 2.19. The van der Waals surface area contributed by atoms with Gasteiger partial charge in [-0.3, -0.25) is 4.79 Å². The van der Waals surface area contributed by atoms with Crippen molar-refractivity contribution in [1.82, 2.24) is 5.32 Å². The summed E-state index contributed by atoms with van der Waals surface area (Å²) in [6, 6.07) is -0.467. The molecule has 0 fully saturated rings. The van der Waals surface area contributed by atoms with Crippen LogP contribution in [0, 0.1) is 5.92 Å². The van der Waals surface area contributed by atoms with E-state index in [1.807, 2.05) is 13.8 Å². The minimum atomic E-state index is -0.467. The highest BCUT2D eigenvalue weighted by Crippen LogP contribution is 2.02. The van der Waals surface area contributed by atoms with E-state index in [0.29, 0.717) is 6.61 Å². The number of ether oxygens (including phenoxy) is 1. The molecular weight excluding hydrogens is 208 g/mol. The number of rotatable bonds is 7. The van der Waals surface area contributed by atoms with E-state index in [-0.39, 0.29) is 18.0 Å². The van der Waals surface area contributed by atoms with E-state index in [0.717, 1.165) is 0 Å². The molecule has 0 aliphatic rings. The second-order valence-corrected chi connectivity index (χ2v) is 3.83. The molecule has 0 rings (SSSR count). The Morgan fingerprint density at radius 1 is 1.44 bits per heavy atom. The number of esters is 1. The number of hydrogen-bond donors (Lipinski definition) is 2. The molecule has 0 aromatic carbocycles. The third kappa shape index (κ3) is 4.93. The zero-order chi connectivity index (χ0) is 12.7. The van der Waals surface area contributed by atoms with E-state index >= 15 is 0 Å². The van der Waals surface area contributed by atoms with Crippen molar-refractivity contribution in [3.63, 3.8) is 0 Å². The third-order valence-corrected chi connectivity index (χ3v) is 2.07. The Bertz CT molecular complexity index is 274. The summed E-state index contributed by atoms with van der Waals surface area (Å²) in [5, 5.41) is 2.88. The van der Waals surface area contributed by atoms with Crippen LogP contribution in [0.5, 0.6) is 0 Å². The number of carbonyl (C=O) groups excluding carboxylic acids is 2. The van der Waals surface area contributed by atoms with Crippen molar-refractivity contribution in [2.45, 2.75) is 26.8 Å². The molecule has 3 N–H and O–H groups in total. The predicted molar refractivity (Wildman–Crippen MR) is 61.6 cm³/mol. The average molecular weight is 228 g/mol. The molecule has 0 aliphatic carbocycles. The minimum Gasteiger partial charge on any atom is -0.463 e. The van der Waals surface area contributed by atoms with Gasteiger partial charge in [0.05, 0.1) is 12.6 Å². The van der Waals surface area contributed by atoms with Gasteiger partial charge in [0, 0.05) is 12.1 Å². The molecule has 0 spiro atoms. The summed E-state index contributed by atoms with van der Waals surface area (Å²) in [6.07, 6.45) is 0. The standard InChI is InChI=1S/C11H20N2O3/c1-5-16-11(15)8(4)6-13-9(7(2)3)10(12)14/h7,9,13H,4-6H2,1-3H3,(H2,12,14). The zero-order valence-corrected chi connectivity index (χ0v) is 10.1. The first kappa shape index (κ1) is 14.6. The molecule has 0 aromatic heterocycles. The first-order chi connectivity index (χ1) is 7.40. The van der Waals surface area contributed by atoms with Crippen molar-refractivity contribution in [2.75, 3.05) is 13.2 Å². The molecule has 5 heteroatoms. The minimum absolute atomic E-state index is 0.0625. The Hall–Kier alpha value is -1.36. The molecule has 0 saturated heterocycles. The Balaban J connectivity index is 4.16. The van der Waals surface area contributed by atoms with Crippen molar-refractivity contribution >= 4 is 11.9 Å². The summed E-state index contributed by atoms with van der Waals surface area (Å²) in [7, 11) is 0. The molecule has 0 heterocycles. The van der Waals surface area contributed by atoms with Gasteiger partial charge in [-0.1, -0.05) is 20.4 Å². The van der Waals surface area contributed by atoms with Crippen molar-refractivity contribution in [3.05, 3.63) is 12.2 Å². The van der Waals surface area contributed by atoms with E-state index in [2.05, 4.69) is 11.9 Å². The quantitative estimate of drug-likeness (QED) is 0.482. The molecule has 16 heavy (non-hydrogen) atoms. The lowest BCUT2D eigenvalue weighted by atomic mass is 10.0. The fraction of sp³-hybridized carbons (Fsp3) is 0.636. The largest absolute Gasteiger partial charge is 0.463 e. The molecule has 5 nitrogen and oxygen atoms in total. The van der Waals surface area contributed by atoms with E-state index in [1.54, 1.807) is 6.92 Å². The summed E-state index contributed by atoms with van der Waals surface area (Å²) in [4.78, 5) is 22.3. The van der Waals surface area contributed by atoms with Crippen molar-refractivity contribution in [3.8, 4) is 0 Å². The second-order valence-electron chi connectivity index (χ2n) is 3.83. The monoisotopic (exact) mass is 228 g/mol. The molecular formula is C11H20N2O3. The number of nitrogens with one attached hydrogen (secondary N) is 1. The van der Waals surface area contributed by atoms with Gasteiger partial charge in [-0.2, -0.15) is 0 Å². The van der Waals surface area contributed by atoms with Crippen LogP contribution in [0.1, 0.15) is 20.8 Å². The first-order valence-electron chi connectivity index (χ1n) is 5.27. The number of amides is 1. The lowest BCUT2D eigenvalue weighted by molar-refractivity contribution is -0.138. The van der Waals surface area contributed by atoms with Crippen molar-refractivity contribution in [1.29, 1.82) is 0 Å². The molecule has 1 atom stereocenters. The first-order valence-corrected chi connectivity index (χ1v) is 5.27. The predicted octanol–water partition coefficient (Wildman–Crippen LogP) is 0.205. The highest BCUT2D eigenvalue weighted by atomic mass is 16.5. The smallest absolute Gasteiger partial charge is 0.334 e. The molecule has 92 valence electrons. The molecule has 1 unspecified atom stereocenters. The van der Waals surface area contributed by atoms with Gasteiger partial charge in [-0.15, -0.1) is 0 Å².